The van der Waals surface area contributed by atoms with E-state index in [0.717, 1.165) is 6.42 Å². The van der Waals surface area contributed by atoms with Gasteiger partial charge in [-0.05, 0) is 37.1 Å². The van der Waals surface area contributed by atoms with Crippen LogP contribution in [-0.4, -0.2) is 29.4 Å². The van der Waals surface area contributed by atoms with E-state index in [1.807, 2.05) is 0 Å². The van der Waals surface area contributed by atoms with Gasteiger partial charge in [0.15, 0.2) is 0 Å². The zero-order valence-electron chi connectivity index (χ0n) is 13.0. The highest BCUT2D eigenvalue weighted by Gasteiger charge is 2.34. The van der Waals surface area contributed by atoms with Crippen molar-refractivity contribution in [2.45, 2.75) is 25.4 Å². The maximum atomic E-state index is 13.6. The summed E-state index contributed by atoms with van der Waals surface area (Å²) in [5.41, 5.74) is 0.101. The van der Waals surface area contributed by atoms with Crippen LogP contribution in [0.3, 0.4) is 0 Å². The lowest BCUT2D eigenvalue weighted by Crippen LogP contribution is -2.47. The summed E-state index contributed by atoms with van der Waals surface area (Å²) in [7, 11) is 0. The Morgan fingerprint density at radius 3 is 2.83 bits per heavy atom. The van der Waals surface area contributed by atoms with E-state index in [1.165, 1.54) is 23.3 Å². The molecule has 1 aliphatic rings. The number of carbonyl (C=O) groups excluding carboxylic acids is 2. The van der Waals surface area contributed by atoms with E-state index in [1.54, 1.807) is 24.3 Å². The lowest BCUT2D eigenvalue weighted by Gasteiger charge is -2.24. The zero-order chi connectivity index (χ0) is 16.9. The van der Waals surface area contributed by atoms with Crippen LogP contribution in [0.2, 0.25) is 0 Å². The molecule has 2 N–H and O–H groups in total. The van der Waals surface area contributed by atoms with E-state index in [4.69, 9.17) is 4.42 Å². The standard InChI is InChI=1S/C17H18FN3O3/c18-13-6-1-2-7-14(13)20-17(23)21-9-3-8-15(21)16(22)19-11-12-5-4-10-24-12/h1-2,4-7,10,15H,3,8-9,11H2,(H,19,22)(H,20,23)/t15-/m1/s1. The van der Waals surface area contributed by atoms with Gasteiger partial charge in [0.05, 0.1) is 18.5 Å². The van der Waals surface area contributed by atoms with Gasteiger partial charge >= 0.3 is 6.03 Å². The predicted octanol–water partition coefficient (Wildman–Crippen LogP) is 2.73. The number of hydrogen-bond acceptors (Lipinski definition) is 3. The second kappa shape index (κ2) is 7.16. The maximum Gasteiger partial charge on any atom is 0.322 e. The van der Waals surface area contributed by atoms with Gasteiger partial charge in [-0.3, -0.25) is 4.79 Å². The van der Waals surface area contributed by atoms with Crippen molar-refractivity contribution in [1.29, 1.82) is 0 Å². The molecule has 1 aromatic carbocycles. The molecule has 3 rings (SSSR count). The molecule has 0 radical (unpaired) electrons. The maximum absolute atomic E-state index is 13.6. The first-order valence-corrected chi connectivity index (χ1v) is 7.77. The van der Waals surface area contributed by atoms with Crippen molar-refractivity contribution in [3.05, 3.63) is 54.2 Å². The minimum absolute atomic E-state index is 0.101. The molecular formula is C17H18FN3O3. The second-order valence-corrected chi connectivity index (χ2v) is 5.56. The first-order valence-electron chi connectivity index (χ1n) is 7.77. The molecule has 1 fully saturated rings. The Balaban J connectivity index is 1.61. The van der Waals surface area contributed by atoms with E-state index in [2.05, 4.69) is 10.6 Å². The lowest BCUT2D eigenvalue weighted by molar-refractivity contribution is -0.124. The van der Waals surface area contributed by atoms with E-state index < -0.39 is 17.9 Å². The van der Waals surface area contributed by atoms with Crippen molar-refractivity contribution in [2.75, 3.05) is 11.9 Å². The van der Waals surface area contributed by atoms with Crippen LogP contribution in [0.4, 0.5) is 14.9 Å². The van der Waals surface area contributed by atoms with Crippen molar-refractivity contribution in [2.24, 2.45) is 0 Å². The number of carbonyl (C=O) groups is 2. The first kappa shape index (κ1) is 16.0. The summed E-state index contributed by atoms with van der Waals surface area (Å²) in [5, 5.41) is 5.28. The van der Waals surface area contributed by atoms with Crippen LogP contribution in [0.1, 0.15) is 18.6 Å². The van der Waals surface area contributed by atoms with Gasteiger partial charge in [-0.1, -0.05) is 12.1 Å². The summed E-state index contributed by atoms with van der Waals surface area (Å²) in [6, 6.07) is 8.40. The van der Waals surface area contributed by atoms with Crippen molar-refractivity contribution in [3.8, 4) is 0 Å². The van der Waals surface area contributed by atoms with Crippen LogP contribution in [-0.2, 0) is 11.3 Å². The molecule has 0 unspecified atom stereocenters. The Labute approximate surface area is 138 Å². The molecule has 0 spiro atoms. The number of likely N-dealkylation sites (tertiary alicyclic amines) is 1. The topological polar surface area (TPSA) is 74.6 Å². The van der Waals surface area contributed by atoms with E-state index in [9.17, 15) is 14.0 Å². The molecule has 1 saturated heterocycles. The highest BCUT2D eigenvalue weighted by molar-refractivity contribution is 5.94. The third kappa shape index (κ3) is 3.56. The highest BCUT2D eigenvalue weighted by Crippen LogP contribution is 2.20. The summed E-state index contributed by atoms with van der Waals surface area (Å²) in [6.45, 7) is 0.726. The fourth-order valence-electron chi connectivity index (χ4n) is 2.74. The monoisotopic (exact) mass is 331 g/mol. The Bertz CT molecular complexity index is 718. The van der Waals surface area contributed by atoms with Gasteiger partial charge in [0.1, 0.15) is 17.6 Å². The molecule has 2 heterocycles. The lowest BCUT2D eigenvalue weighted by atomic mass is 10.2. The smallest absolute Gasteiger partial charge is 0.322 e. The van der Waals surface area contributed by atoms with Gasteiger partial charge in [-0.25, -0.2) is 9.18 Å². The van der Waals surface area contributed by atoms with Crippen LogP contribution in [0.15, 0.2) is 47.1 Å². The van der Waals surface area contributed by atoms with Gasteiger partial charge in [0, 0.05) is 6.54 Å². The summed E-state index contributed by atoms with van der Waals surface area (Å²) in [4.78, 5) is 26.1. The third-order valence-electron chi connectivity index (χ3n) is 3.95. The Morgan fingerprint density at radius 1 is 1.25 bits per heavy atom. The fourth-order valence-corrected chi connectivity index (χ4v) is 2.74. The Morgan fingerprint density at radius 2 is 2.08 bits per heavy atom. The molecule has 126 valence electrons. The first-order chi connectivity index (χ1) is 11.6. The average molecular weight is 331 g/mol. The summed E-state index contributed by atoms with van der Waals surface area (Å²) < 4.78 is 18.8. The number of halogens is 1. The van der Waals surface area contributed by atoms with Gasteiger partial charge in [-0.2, -0.15) is 0 Å². The molecule has 24 heavy (non-hydrogen) atoms. The quantitative estimate of drug-likeness (QED) is 0.904. The number of furan rings is 1. The molecule has 7 heteroatoms. The summed E-state index contributed by atoms with van der Waals surface area (Å²) >= 11 is 0. The van der Waals surface area contributed by atoms with E-state index in [-0.39, 0.29) is 18.1 Å². The van der Waals surface area contributed by atoms with Crippen molar-refractivity contribution >= 4 is 17.6 Å². The molecule has 1 aliphatic heterocycles. The fraction of sp³-hybridized carbons (Fsp3) is 0.294. The van der Waals surface area contributed by atoms with Gasteiger partial charge in [0.25, 0.3) is 0 Å². The zero-order valence-corrected chi connectivity index (χ0v) is 13.0. The van der Waals surface area contributed by atoms with Crippen LogP contribution < -0.4 is 10.6 Å². The van der Waals surface area contributed by atoms with Crippen LogP contribution in [0.5, 0.6) is 0 Å². The largest absolute Gasteiger partial charge is 0.467 e. The Hall–Kier alpha value is -2.83. The molecular weight excluding hydrogens is 313 g/mol. The number of urea groups is 1. The number of rotatable bonds is 4. The Kier molecular flexibility index (Phi) is 4.79. The number of nitrogens with one attached hydrogen (secondary N) is 2. The number of hydrogen-bond donors (Lipinski definition) is 2. The molecule has 1 atom stereocenters. The van der Waals surface area contributed by atoms with Gasteiger partial charge in [-0.15, -0.1) is 0 Å². The number of benzene rings is 1. The molecule has 0 saturated carbocycles. The summed E-state index contributed by atoms with van der Waals surface area (Å²) in [5.74, 6) is -0.111. The summed E-state index contributed by atoms with van der Waals surface area (Å²) in [6.07, 6.45) is 2.84. The van der Waals surface area contributed by atoms with Gasteiger partial charge < -0.3 is 20.0 Å². The molecule has 3 amide bonds. The number of amides is 3. The van der Waals surface area contributed by atoms with Crippen LogP contribution >= 0.6 is 0 Å². The minimum Gasteiger partial charge on any atom is -0.467 e. The highest BCUT2D eigenvalue weighted by atomic mass is 19.1. The van der Waals surface area contributed by atoms with Crippen molar-refractivity contribution in [3.63, 3.8) is 0 Å². The second-order valence-electron chi connectivity index (χ2n) is 5.56. The van der Waals surface area contributed by atoms with Crippen LogP contribution in [0.25, 0.3) is 0 Å². The molecule has 1 aromatic heterocycles. The van der Waals surface area contributed by atoms with Crippen molar-refractivity contribution in [1.82, 2.24) is 10.2 Å². The molecule has 0 aliphatic carbocycles. The minimum atomic E-state index is -0.563. The van der Waals surface area contributed by atoms with Crippen LogP contribution in [0, 0.1) is 5.82 Å². The number of para-hydroxylation sites is 1. The third-order valence-corrected chi connectivity index (χ3v) is 3.95. The average Bonchev–Trinajstić information content (AvgIpc) is 3.26. The number of anilines is 1. The molecule has 6 nitrogen and oxygen atoms in total. The SMILES string of the molecule is O=C(NCc1ccco1)[C@H]1CCCN1C(=O)Nc1ccccc1F. The molecule has 0 bridgehead atoms. The van der Waals surface area contributed by atoms with E-state index >= 15 is 0 Å². The normalized spacial score (nSPS) is 16.9. The van der Waals surface area contributed by atoms with Crippen molar-refractivity contribution < 1.29 is 18.4 Å². The van der Waals surface area contributed by atoms with Gasteiger partial charge in [0.2, 0.25) is 5.91 Å². The number of nitrogens with zero attached hydrogens (tertiary/aromatic N) is 1. The van der Waals surface area contributed by atoms with E-state index in [0.29, 0.717) is 18.7 Å². The predicted molar refractivity (Wildman–Crippen MR) is 85.7 cm³/mol. The molecule has 2 aromatic rings.